The molecular formula is C10H13N5O2S. The molecule has 0 atom stereocenters. The quantitative estimate of drug-likeness (QED) is 0.761. The van der Waals surface area contributed by atoms with E-state index in [1.807, 2.05) is 0 Å². The van der Waals surface area contributed by atoms with Crippen molar-refractivity contribution in [2.45, 2.75) is 18.9 Å². The van der Waals surface area contributed by atoms with E-state index in [0.29, 0.717) is 17.1 Å². The Morgan fingerprint density at radius 2 is 2.00 bits per heavy atom. The van der Waals surface area contributed by atoms with Crippen LogP contribution in [0.5, 0.6) is 0 Å². The number of nitrogen functional groups attached to an aromatic ring is 1. The van der Waals surface area contributed by atoms with Gasteiger partial charge in [0.15, 0.2) is 5.03 Å². The molecule has 0 aromatic carbocycles. The molecule has 7 nitrogen and oxygen atoms in total. The summed E-state index contributed by atoms with van der Waals surface area (Å²) in [4.78, 5) is 10.4. The zero-order valence-electron chi connectivity index (χ0n) is 9.93. The number of nitrogens with two attached hydrogens (primary N) is 1. The zero-order valence-corrected chi connectivity index (χ0v) is 10.7. The van der Waals surface area contributed by atoms with Gasteiger partial charge < -0.3 is 10.7 Å². The third kappa shape index (κ3) is 2.43. The van der Waals surface area contributed by atoms with E-state index in [0.717, 1.165) is 0 Å². The molecule has 0 fully saturated rings. The smallest absolute Gasteiger partial charge is 0.280 e. The normalized spacial score (nSPS) is 11.4. The molecule has 2 rings (SSSR count). The van der Waals surface area contributed by atoms with Gasteiger partial charge >= 0.3 is 0 Å². The number of aryl methyl sites for hydroxylation is 2. The van der Waals surface area contributed by atoms with E-state index in [-0.39, 0.29) is 10.8 Å². The lowest BCUT2D eigenvalue weighted by Crippen LogP contribution is -2.15. The summed E-state index contributed by atoms with van der Waals surface area (Å²) < 4.78 is 26.4. The van der Waals surface area contributed by atoms with Gasteiger partial charge in [-0.15, -0.1) is 0 Å². The average molecular weight is 267 g/mol. The van der Waals surface area contributed by atoms with Crippen LogP contribution in [0.1, 0.15) is 11.4 Å². The first-order chi connectivity index (χ1) is 8.38. The maximum absolute atomic E-state index is 12.0. The van der Waals surface area contributed by atoms with Gasteiger partial charge in [-0.05, 0) is 25.5 Å². The Balaban J connectivity index is 2.33. The SMILES string of the molecule is Cc1ncc(S(=O)(=O)Nc2ncc(N)cc2C)[nH]1. The first-order valence-corrected chi connectivity index (χ1v) is 6.63. The Hall–Kier alpha value is -2.09. The monoisotopic (exact) mass is 267 g/mol. The number of H-pyrrole nitrogens is 1. The number of nitrogens with one attached hydrogen (secondary N) is 2. The summed E-state index contributed by atoms with van der Waals surface area (Å²) in [5.41, 5.74) is 6.68. The number of imidazole rings is 1. The van der Waals surface area contributed by atoms with E-state index < -0.39 is 10.0 Å². The predicted molar refractivity (Wildman–Crippen MR) is 67.5 cm³/mol. The van der Waals surface area contributed by atoms with Crippen molar-refractivity contribution < 1.29 is 8.42 Å². The number of rotatable bonds is 3. The summed E-state index contributed by atoms with van der Waals surface area (Å²) in [6, 6.07) is 1.64. The van der Waals surface area contributed by atoms with Crippen LogP contribution in [-0.2, 0) is 10.0 Å². The second-order valence-corrected chi connectivity index (χ2v) is 5.52. The van der Waals surface area contributed by atoms with Crippen LogP contribution in [0.2, 0.25) is 0 Å². The Morgan fingerprint density at radius 1 is 1.28 bits per heavy atom. The summed E-state index contributed by atoms with van der Waals surface area (Å²) in [5, 5.41) is -0.00183. The molecule has 2 aromatic heterocycles. The molecule has 0 spiro atoms. The fourth-order valence-corrected chi connectivity index (χ4v) is 2.47. The van der Waals surface area contributed by atoms with E-state index in [4.69, 9.17) is 5.73 Å². The molecule has 2 aromatic rings. The van der Waals surface area contributed by atoms with Crippen molar-refractivity contribution in [1.29, 1.82) is 0 Å². The highest BCUT2D eigenvalue weighted by Gasteiger charge is 2.18. The van der Waals surface area contributed by atoms with Crippen LogP contribution in [0.15, 0.2) is 23.5 Å². The van der Waals surface area contributed by atoms with Gasteiger partial charge in [-0.2, -0.15) is 8.42 Å². The van der Waals surface area contributed by atoms with E-state index >= 15 is 0 Å². The molecule has 0 amide bonds. The minimum Gasteiger partial charge on any atom is -0.397 e. The summed E-state index contributed by atoms with van der Waals surface area (Å²) in [6.07, 6.45) is 2.65. The molecule has 0 aliphatic heterocycles. The number of aromatic nitrogens is 3. The van der Waals surface area contributed by atoms with Gasteiger partial charge in [-0.25, -0.2) is 9.97 Å². The van der Waals surface area contributed by atoms with Crippen molar-refractivity contribution in [3.05, 3.63) is 29.8 Å². The second-order valence-electron chi connectivity index (χ2n) is 3.87. The highest BCUT2D eigenvalue weighted by molar-refractivity contribution is 7.92. The van der Waals surface area contributed by atoms with Crippen LogP contribution >= 0.6 is 0 Å². The van der Waals surface area contributed by atoms with Gasteiger partial charge in [0.2, 0.25) is 0 Å². The maximum Gasteiger partial charge on any atom is 0.280 e. The largest absolute Gasteiger partial charge is 0.397 e. The second kappa shape index (κ2) is 4.30. The first-order valence-electron chi connectivity index (χ1n) is 5.15. The molecule has 0 aliphatic carbocycles. The first kappa shape index (κ1) is 12.4. The molecule has 0 unspecified atom stereocenters. The number of pyridine rings is 1. The van der Waals surface area contributed by atoms with Crippen LogP contribution in [0.4, 0.5) is 11.5 Å². The van der Waals surface area contributed by atoms with Crippen molar-refractivity contribution >= 4 is 21.5 Å². The summed E-state index contributed by atoms with van der Waals surface area (Å²) >= 11 is 0. The number of anilines is 2. The molecule has 0 radical (unpaired) electrons. The van der Waals surface area contributed by atoms with Crippen molar-refractivity contribution in [2.24, 2.45) is 0 Å². The molecule has 0 aliphatic rings. The van der Waals surface area contributed by atoms with Gasteiger partial charge in [0, 0.05) is 0 Å². The van der Waals surface area contributed by atoms with E-state index in [1.54, 1.807) is 19.9 Å². The Kier molecular flexibility index (Phi) is 2.95. The van der Waals surface area contributed by atoms with Crippen molar-refractivity contribution in [1.82, 2.24) is 15.0 Å². The topological polar surface area (TPSA) is 114 Å². The molecule has 18 heavy (non-hydrogen) atoms. The van der Waals surface area contributed by atoms with Gasteiger partial charge in [0.05, 0.1) is 18.1 Å². The number of nitrogens with zero attached hydrogens (tertiary/aromatic N) is 2. The van der Waals surface area contributed by atoms with E-state index in [1.165, 1.54) is 12.4 Å². The third-order valence-electron chi connectivity index (χ3n) is 2.30. The van der Waals surface area contributed by atoms with Crippen LogP contribution in [-0.4, -0.2) is 23.4 Å². The lowest BCUT2D eigenvalue weighted by atomic mass is 10.3. The molecule has 0 saturated heterocycles. The van der Waals surface area contributed by atoms with Crippen molar-refractivity contribution in [2.75, 3.05) is 10.5 Å². The van der Waals surface area contributed by atoms with Gasteiger partial charge in [0.1, 0.15) is 11.6 Å². The van der Waals surface area contributed by atoms with E-state index in [2.05, 4.69) is 19.7 Å². The Bertz CT molecular complexity index is 677. The number of aromatic amines is 1. The molecule has 0 bridgehead atoms. The Labute approximate surface area is 105 Å². The van der Waals surface area contributed by atoms with Crippen molar-refractivity contribution in [3.8, 4) is 0 Å². The number of hydrogen-bond acceptors (Lipinski definition) is 5. The lowest BCUT2D eigenvalue weighted by molar-refractivity contribution is 0.598. The third-order valence-corrected chi connectivity index (χ3v) is 3.55. The van der Waals surface area contributed by atoms with Gasteiger partial charge in [0.25, 0.3) is 10.0 Å². The number of hydrogen-bond donors (Lipinski definition) is 3. The molecule has 8 heteroatoms. The summed E-state index contributed by atoms with van der Waals surface area (Å²) in [7, 11) is -3.70. The average Bonchev–Trinajstić information content (AvgIpc) is 2.70. The minimum absolute atomic E-state index is 0.00183. The predicted octanol–water partition coefficient (Wildman–Crippen LogP) is 0.805. The zero-order chi connectivity index (χ0) is 13.3. The fourth-order valence-electron chi connectivity index (χ4n) is 1.42. The summed E-state index contributed by atoms with van der Waals surface area (Å²) in [5.74, 6) is 0.772. The molecule has 0 saturated carbocycles. The minimum atomic E-state index is -3.70. The highest BCUT2D eigenvalue weighted by Crippen LogP contribution is 2.17. The van der Waals surface area contributed by atoms with Gasteiger partial charge in [-0.3, -0.25) is 4.72 Å². The molecule has 4 N–H and O–H groups in total. The number of sulfonamides is 1. The van der Waals surface area contributed by atoms with Gasteiger partial charge in [-0.1, -0.05) is 0 Å². The van der Waals surface area contributed by atoms with Crippen LogP contribution in [0, 0.1) is 13.8 Å². The maximum atomic E-state index is 12.0. The lowest BCUT2D eigenvalue weighted by Gasteiger charge is -2.08. The summed E-state index contributed by atoms with van der Waals surface area (Å²) in [6.45, 7) is 3.39. The molecule has 96 valence electrons. The fraction of sp³-hybridized carbons (Fsp3) is 0.200. The van der Waals surface area contributed by atoms with E-state index in [9.17, 15) is 8.42 Å². The highest BCUT2D eigenvalue weighted by atomic mass is 32.2. The van der Waals surface area contributed by atoms with Crippen LogP contribution < -0.4 is 10.5 Å². The molecule has 2 heterocycles. The van der Waals surface area contributed by atoms with Crippen LogP contribution in [0.3, 0.4) is 0 Å². The standard InChI is InChI=1S/C10H13N5O2S/c1-6-3-8(11)4-13-10(6)15-18(16,17)9-5-12-7(2)14-9/h3-5H,11H2,1-2H3,(H,12,14)(H,13,15). The molecular weight excluding hydrogens is 254 g/mol. The van der Waals surface area contributed by atoms with Crippen LogP contribution in [0.25, 0.3) is 0 Å². The van der Waals surface area contributed by atoms with Crippen molar-refractivity contribution in [3.63, 3.8) is 0 Å². The Morgan fingerprint density at radius 3 is 2.56 bits per heavy atom.